The largest absolute Gasteiger partial charge is 0.493 e. The van der Waals surface area contributed by atoms with Crippen LogP contribution in [-0.2, 0) is 11.2 Å². The topological polar surface area (TPSA) is 95.7 Å². The monoisotopic (exact) mass is 443 g/mol. The van der Waals surface area contributed by atoms with Crippen molar-refractivity contribution in [2.75, 3.05) is 21.3 Å². The van der Waals surface area contributed by atoms with Gasteiger partial charge in [-0.1, -0.05) is 31.1 Å². The summed E-state index contributed by atoms with van der Waals surface area (Å²) in [6.07, 6.45) is 0.109. The average Bonchev–Trinajstić information content (AvgIpc) is 3.27. The summed E-state index contributed by atoms with van der Waals surface area (Å²) >= 11 is 0. The predicted octanol–water partition coefficient (Wildman–Crippen LogP) is 3.96. The van der Waals surface area contributed by atoms with Gasteiger partial charge in [-0.05, 0) is 35.7 Å². The molecule has 1 amide bonds. The molecule has 1 N–H and O–H groups in total. The van der Waals surface area contributed by atoms with E-state index in [9.17, 15) is 9.18 Å². The van der Waals surface area contributed by atoms with Gasteiger partial charge in [-0.25, -0.2) is 4.39 Å². The summed E-state index contributed by atoms with van der Waals surface area (Å²) in [5, 5.41) is 6.99. The molecule has 9 heteroatoms. The molecule has 0 aliphatic carbocycles. The smallest absolute Gasteiger partial charge is 0.249 e. The quantitative estimate of drug-likeness (QED) is 0.535. The van der Waals surface area contributed by atoms with Crippen LogP contribution in [0.5, 0.6) is 17.2 Å². The second kappa shape index (κ2) is 10.1. The number of nitrogens with one attached hydrogen (secondary N) is 1. The summed E-state index contributed by atoms with van der Waals surface area (Å²) < 4.78 is 34.7. The molecule has 0 saturated carbocycles. The molecule has 2 aromatic carbocycles. The first-order valence-corrected chi connectivity index (χ1v) is 10.0. The number of benzene rings is 2. The highest BCUT2D eigenvalue weighted by Crippen LogP contribution is 2.40. The molecule has 32 heavy (non-hydrogen) atoms. The maximum Gasteiger partial charge on any atom is 0.249 e. The Balaban J connectivity index is 1.82. The van der Waals surface area contributed by atoms with E-state index in [1.165, 1.54) is 33.5 Å². The molecule has 0 radical (unpaired) electrons. The Morgan fingerprint density at radius 1 is 1.06 bits per heavy atom. The van der Waals surface area contributed by atoms with E-state index < -0.39 is 6.04 Å². The number of hydrogen-bond donors (Lipinski definition) is 1. The Morgan fingerprint density at radius 2 is 1.69 bits per heavy atom. The predicted molar refractivity (Wildman–Crippen MR) is 115 cm³/mol. The summed E-state index contributed by atoms with van der Waals surface area (Å²) in [7, 11) is 4.57. The molecule has 0 fully saturated rings. The molecule has 170 valence electrons. The normalized spacial score (nSPS) is 11.8. The lowest BCUT2D eigenvalue weighted by Gasteiger charge is -2.18. The van der Waals surface area contributed by atoms with Crippen LogP contribution in [0.4, 0.5) is 4.39 Å². The highest BCUT2D eigenvalue weighted by molar-refractivity contribution is 5.79. The number of rotatable bonds is 9. The molecule has 0 unspecified atom stereocenters. The third-order valence-electron chi connectivity index (χ3n) is 4.89. The molecular weight excluding hydrogens is 417 g/mol. The van der Waals surface area contributed by atoms with Gasteiger partial charge in [0.25, 0.3) is 0 Å². The first-order valence-electron chi connectivity index (χ1n) is 10.0. The average molecular weight is 443 g/mol. The van der Waals surface area contributed by atoms with Gasteiger partial charge in [-0.3, -0.25) is 4.79 Å². The molecular formula is C23H26FN3O5. The number of carbonyl (C=O) groups excluding carboxylic acids is 1. The van der Waals surface area contributed by atoms with Crippen molar-refractivity contribution in [2.45, 2.75) is 26.3 Å². The van der Waals surface area contributed by atoms with Gasteiger partial charge in [0.2, 0.25) is 23.4 Å². The van der Waals surface area contributed by atoms with Gasteiger partial charge in [-0.2, -0.15) is 4.98 Å². The fourth-order valence-corrected chi connectivity index (χ4v) is 3.21. The SMILES string of the molecule is COc1cc(-c2noc([C@H](NC(=O)Cc3ccc(F)cc3)C(C)C)n2)cc(OC)c1OC. The van der Waals surface area contributed by atoms with Crippen LogP contribution < -0.4 is 19.5 Å². The molecule has 0 saturated heterocycles. The number of amides is 1. The van der Waals surface area contributed by atoms with Crippen LogP contribution >= 0.6 is 0 Å². The van der Waals surface area contributed by atoms with Crippen LogP contribution in [-0.4, -0.2) is 37.4 Å². The van der Waals surface area contributed by atoms with Gasteiger partial charge in [0.05, 0.1) is 27.8 Å². The summed E-state index contributed by atoms with van der Waals surface area (Å²) in [4.78, 5) is 17.0. The molecule has 0 bridgehead atoms. The van der Waals surface area contributed by atoms with Gasteiger partial charge in [0.15, 0.2) is 11.5 Å². The highest BCUT2D eigenvalue weighted by Gasteiger charge is 2.26. The zero-order valence-electron chi connectivity index (χ0n) is 18.6. The van der Waals surface area contributed by atoms with E-state index in [0.717, 1.165) is 0 Å². The number of ether oxygens (including phenoxy) is 3. The van der Waals surface area contributed by atoms with Gasteiger partial charge in [0.1, 0.15) is 11.9 Å². The van der Waals surface area contributed by atoms with Crippen molar-refractivity contribution in [2.24, 2.45) is 5.92 Å². The Morgan fingerprint density at radius 3 is 2.22 bits per heavy atom. The Hall–Kier alpha value is -3.62. The van der Waals surface area contributed by atoms with Crippen molar-refractivity contribution in [3.63, 3.8) is 0 Å². The van der Waals surface area contributed by atoms with Crippen molar-refractivity contribution >= 4 is 5.91 Å². The first-order chi connectivity index (χ1) is 15.4. The number of halogens is 1. The first kappa shape index (κ1) is 23.1. The molecule has 0 spiro atoms. The lowest BCUT2D eigenvalue weighted by molar-refractivity contribution is -0.121. The summed E-state index contributed by atoms with van der Waals surface area (Å²) in [6, 6.07) is 8.74. The van der Waals surface area contributed by atoms with Crippen LogP contribution in [0.15, 0.2) is 40.9 Å². The van der Waals surface area contributed by atoms with Crippen LogP contribution in [0.1, 0.15) is 31.3 Å². The van der Waals surface area contributed by atoms with Crippen molar-refractivity contribution < 1.29 is 27.9 Å². The Labute approximate surface area is 185 Å². The molecule has 3 rings (SSSR count). The molecule has 3 aromatic rings. The van der Waals surface area contributed by atoms with E-state index in [2.05, 4.69) is 15.5 Å². The molecule has 1 heterocycles. The fourth-order valence-electron chi connectivity index (χ4n) is 3.21. The fraction of sp³-hybridized carbons (Fsp3) is 0.348. The number of hydrogen-bond acceptors (Lipinski definition) is 7. The third-order valence-corrected chi connectivity index (χ3v) is 4.89. The van der Waals surface area contributed by atoms with Crippen LogP contribution in [0, 0.1) is 11.7 Å². The lowest BCUT2D eigenvalue weighted by Crippen LogP contribution is -2.33. The minimum absolute atomic E-state index is 0.0135. The molecule has 0 aliphatic heterocycles. The molecule has 1 atom stereocenters. The van der Waals surface area contributed by atoms with Crippen LogP contribution in [0.3, 0.4) is 0 Å². The van der Waals surface area contributed by atoms with Gasteiger partial charge in [-0.15, -0.1) is 0 Å². The number of aromatic nitrogens is 2. The van der Waals surface area contributed by atoms with E-state index in [4.69, 9.17) is 18.7 Å². The van der Waals surface area contributed by atoms with E-state index >= 15 is 0 Å². The molecule has 1 aromatic heterocycles. The van der Waals surface area contributed by atoms with Crippen LogP contribution in [0.25, 0.3) is 11.4 Å². The number of methoxy groups -OCH3 is 3. The van der Waals surface area contributed by atoms with Crippen LogP contribution in [0.2, 0.25) is 0 Å². The van der Waals surface area contributed by atoms with E-state index in [-0.39, 0.29) is 30.0 Å². The van der Waals surface area contributed by atoms with Gasteiger partial charge < -0.3 is 24.1 Å². The molecule has 8 nitrogen and oxygen atoms in total. The summed E-state index contributed by atoms with van der Waals surface area (Å²) in [5.74, 6) is 1.37. The zero-order chi connectivity index (χ0) is 23.3. The van der Waals surface area contributed by atoms with Crippen molar-refractivity contribution in [3.05, 3.63) is 53.7 Å². The second-order valence-electron chi connectivity index (χ2n) is 7.46. The summed E-state index contributed by atoms with van der Waals surface area (Å²) in [6.45, 7) is 3.87. The minimum Gasteiger partial charge on any atom is -0.493 e. The third kappa shape index (κ3) is 5.16. The van der Waals surface area contributed by atoms with E-state index in [0.29, 0.717) is 34.2 Å². The standard InChI is InChI=1S/C23H26FN3O5/c1-13(2)20(25-19(28)10-14-6-8-16(24)9-7-14)23-26-22(27-32-23)15-11-17(29-3)21(31-5)18(12-15)30-4/h6-9,11-13,20H,10H2,1-5H3,(H,25,28)/t20-/m1/s1. The van der Waals surface area contributed by atoms with Crippen molar-refractivity contribution in [1.29, 1.82) is 0 Å². The zero-order valence-corrected chi connectivity index (χ0v) is 18.6. The second-order valence-corrected chi connectivity index (χ2v) is 7.46. The number of carbonyl (C=O) groups is 1. The van der Waals surface area contributed by atoms with E-state index in [1.54, 1.807) is 24.3 Å². The van der Waals surface area contributed by atoms with Crippen molar-refractivity contribution in [3.8, 4) is 28.6 Å². The van der Waals surface area contributed by atoms with E-state index in [1.807, 2.05) is 13.8 Å². The number of nitrogens with zero attached hydrogens (tertiary/aromatic N) is 2. The maximum atomic E-state index is 13.1. The Bertz CT molecular complexity index is 1040. The van der Waals surface area contributed by atoms with Gasteiger partial charge >= 0.3 is 0 Å². The Kier molecular flexibility index (Phi) is 7.29. The minimum atomic E-state index is -0.494. The maximum absolute atomic E-state index is 13.1. The molecule has 0 aliphatic rings. The lowest BCUT2D eigenvalue weighted by atomic mass is 10.0. The van der Waals surface area contributed by atoms with Crippen molar-refractivity contribution in [1.82, 2.24) is 15.5 Å². The summed E-state index contributed by atoms with van der Waals surface area (Å²) in [5.41, 5.74) is 1.31. The van der Waals surface area contributed by atoms with Gasteiger partial charge in [0, 0.05) is 5.56 Å². The highest BCUT2D eigenvalue weighted by atomic mass is 19.1.